The summed E-state index contributed by atoms with van der Waals surface area (Å²) in [6.07, 6.45) is 1.39. The molecule has 3 aromatic carbocycles. The molecule has 0 spiro atoms. The number of aliphatic hydroxyl groups is 10. The number of aldehydes is 1. The highest BCUT2D eigenvalue weighted by molar-refractivity contribution is 8.24. The van der Waals surface area contributed by atoms with Crippen molar-refractivity contribution in [1.82, 2.24) is 0 Å². The van der Waals surface area contributed by atoms with Crippen LogP contribution in [0.5, 0.6) is 0 Å². The van der Waals surface area contributed by atoms with Gasteiger partial charge in [-0.1, -0.05) is 104 Å². The normalized spacial score (nSPS) is 21.2. The van der Waals surface area contributed by atoms with Crippen LogP contribution in [0.25, 0.3) is 0 Å². The first-order valence-corrected chi connectivity index (χ1v) is 39.4. The van der Waals surface area contributed by atoms with Gasteiger partial charge in [-0.15, -0.1) is 0 Å². The molecule has 3 unspecified atom stereocenters. The van der Waals surface area contributed by atoms with Crippen molar-refractivity contribution >= 4 is 86.3 Å². The Morgan fingerprint density at radius 1 is 0.650 bits per heavy atom. The van der Waals surface area contributed by atoms with Gasteiger partial charge in [-0.2, -0.15) is 0 Å². The maximum atomic E-state index is 12.5. The number of methoxy groups -OCH3 is 1. The molecule has 13 atom stereocenters. The molecule has 0 saturated carbocycles. The number of esters is 3. The maximum absolute atomic E-state index is 12.5. The van der Waals surface area contributed by atoms with Crippen LogP contribution in [0.2, 0.25) is 0 Å². The van der Waals surface area contributed by atoms with E-state index in [1.54, 1.807) is 60.5 Å². The smallest absolute Gasteiger partial charge is 0.355 e. The van der Waals surface area contributed by atoms with Crippen molar-refractivity contribution in [3.8, 4) is 0 Å². The van der Waals surface area contributed by atoms with E-state index in [2.05, 4.69) is 68.4 Å². The van der Waals surface area contributed by atoms with Gasteiger partial charge in [0, 0.05) is 44.2 Å². The third kappa shape index (κ3) is 44.2. The summed E-state index contributed by atoms with van der Waals surface area (Å²) in [4.78, 5) is 54.9. The highest BCUT2D eigenvalue weighted by Gasteiger charge is 2.45. The van der Waals surface area contributed by atoms with Gasteiger partial charge in [0.25, 0.3) is 0 Å². The summed E-state index contributed by atoms with van der Waals surface area (Å²) >= 11 is 4.31. The van der Waals surface area contributed by atoms with Crippen molar-refractivity contribution in [2.45, 2.75) is 226 Å². The minimum atomic E-state index is -2.24. The molecule has 0 bridgehead atoms. The number of hydrogen-bond donors (Lipinski definition) is 10. The van der Waals surface area contributed by atoms with Gasteiger partial charge >= 0.3 is 19.2 Å². The van der Waals surface area contributed by atoms with Crippen LogP contribution in [0.3, 0.4) is 0 Å². The summed E-state index contributed by atoms with van der Waals surface area (Å²) in [5.41, 5.74) is 0. The van der Waals surface area contributed by atoms with Gasteiger partial charge in [-0.25, -0.2) is 9.59 Å². The lowest BCUT2D eigenvalue weighted by Crippen LogP contribution is -2.39. The Balaban J connectivity index is 0. The Kier molecular flexibility index (Phi) is 54.8. The summed E-state index contributed by atoms with van der Waals surface area (Å²) < 4.78 is 64.3. The van der Waals surface area contributed by atoms with E-state index < -0.39 is 75.2 Å². The Hall–Kier alpha value is -4.74. The van der Waals surface area contributed by atoms with Crippen molar-refractivity contribution in [2.24, 2.45) is 0 Å². The molecular formula is C73H120O26P3S+. The number of carbonyl (C=O) groups is 5. The van der Waals surface area contributed by atoms with E-state index in [0.29, 0.717) is 84.1 Å². The molecular weight excluding hydrogens is 1420 g/mol. The zero-order valence-corrected chi connectivity index (χ0v) is 65.9. The number of fused-ring (bicyclic) bond motifs is 1. The van der Waals surface area contributed by atoms with Crippen molar-refractivity contribution in [1.29, 1.82) is 1.28 Å². The molecule has 7 rings (SSSR count). The Morgan fingerprint density at radius 2 is 1.06 bits per heavy atom. The van der Waals surface area contributed by atoms with E-state index in [1.165, 1.54) is 13.0 Å². The fourth-order valence-corrected chi connectivity index (χ4v) is 13.4. The molecule has 0 aromatic heterocycles. The number of benzene rings is 3. The van der Waals surface area contributed by atoms with E-state index in [-0.39, 0.29) is 86.6 Å². The van der Waals surface area contributed by atoms with Gasteiger partial charge in [0.2, 0.25) is 0 Å². The molecule has 588 valence electrons. The maximum Gasteiger partial charge on any atom is 0.355 e. The van der Waals surface area contributed by atoms with Crippen LogP contribution in [0.1, 0.15) is 141 Å². The molecule has 10 N–H and O–H groups in total. The van der Waals surface area contributed by atoms with Crippen LogP contribution < -0.4 is 15.9 Å². The monoisotopic (exact) mass is 1540 g/mol. The first-order valence-electron chi connectivity index (χ1n) is 34.5. The van der Waals surface area contributed by atoms with Crippen molar-refractivity contribution < 1.29 is 127 Å². The molecule has 0 radical (unpaired) electrons. The van der Waals surface area contributed by atoms with Gasteiger partial charge in [-0.05, 0) is 138 Å². The molecule has 4 heterocycles. The highest BCUT2D eigenvalue weighted by atomic mass is 32.6. The molecule has 4 saturated heterocycles. The van der Waals surface area contributed by atoms with E-state index in [9.17, 15) is 24.0 Å². The standard InChI is InChI=1S/C22H21O2P.C12H22O5.C12H20O5.C8H14O4.C8H16O4.C5H10O4.C4H8O.C2H6O.H2P2S/c1-2-24-22(23)18-25(19-12-6-3-7-13-19,20-14-8-4-9-15-20)21-16-10-5-11-17-21;2*1-4-15-11(14)7-5-6-9-10(8-13)17-12(2,3)16-9;1-8(2)11-5-3-7(9)10-4-6(5)12-8;1-6(10)3-2-4-7(11)8(12)5-9;6-2-1-4(8)5(9)3-7;1-4(2)5-3;2*1-2-3/h3-18H,2H2,1H3;9-10,13H,4-8H2,1-3H3;5,7,9-10,13H,4,6,8H2,1-3H3;5-7,9H,3-4H2,1-2H3;7-9,11-12H,2-5H2,1H3;2,4-5,7-9H,1,3H2;1H2,2-3H3;3H,2H2,1H3;1H2/p+1/b;;7-5+;;;;;;/t;2*9-,10+;5-,6+,7?;7-,8+;4-,5+;;;/m.00000.../s1/i/hT. The molecule has 4 fully saturated rings. The van der Waals surface area contributed by atoms with Gasteiger partial charge in [0.15, 0.2) is 42.4 Å². The Morgan fingerprint density at radius 3 is 1.48 bits per heavy atom. The van der Waals surface area contributed by atoms with Gasteiger partial charge in [0.05, 0.1) is 105 Å². The lowest BCUT2D eigenvalue weighted by atomic mass is 10.1. The number of ether oxygens (including phenoxy) is 11. The van der Waals surface area contributed by atoms with E-state index >= 15 is 0 Å². The van der Waals surface area contributed by atoms with Crippen molar-refractivity contribution in [3.63, 3.8) is 0 Å². The minimum absolute atomic E-state index is 0.0104. The Bertz CT molecular complexity index is 2790. The highest BCUT2D eigenvalue weighted by Crippen LogP contribution is 2.44. The van der Waals surface area contributed by atoms with Crippen LogP contribution in [0, 0.1) is 0 Å². The zero-order chi connectivity index (χ0) is 79.5. The molecule has 30 heteroatoms. The predicted octanol–water partition coefficient (Wildman–Crippen LogP) is 5.66. The second-order valence-electron chi connectivity index (χ2n) is 24.2. The number of carbonyl (C=O) groups excluding carboxylic acids is 5. The molecule has 4 aliphatic heterocycles. The average Bonchev–Trinajstić information content (AvgIpc) is 1.17. The quantitative estimate of drug-likeness (QED) is 0.0110. The van der Waals surface area contributed by atoms with Gasteiger partial charge in [-0.3, -0.25) is 4.79 Å². The predicted molar refractivity (Wildman–Crippen MR) is 404 cm³/mol. The van der Waals surface area contributed by atoms with Crippen LogP contribution in [0.15, 0.2) is 115 Å². The number of hydrogen-bond acceptors (Lipinski definition) is 27. The number of rotatable bonds is 27. The number of Topliss-reactive ketones (excluding diaryl/α,β-unsaturated/α-hetero) is 1. The number of aliphatic hydroxyl groups excluding tert-OH is 10. The molecule has 0 aliphatic carbocycles. The molecule has 3 aromatic rings. The van der Waals surface area contributed by atoms with Crippen LogP contribution in [-0.2, 0) is 87.9 Å². The molecule has 4 aliphatic rings. The summed E-state index contributed by atoms with van der Waals surface area (Å²) in [5, 5.41) is 90.4. The van der Waals surface area contributed by atoms with Gasteiger partial charge < -0.3 is 113 Å². The summed E-state index contributed by atoms with van der Waals surface area (Å²) in [7, 11) is 3.80. The second kappa shape index (κ2) is 57.4. The van der Waals surface area contributed by atoms with E-state index in [1.807, 2.05) is 89.2 Å². The van der Waals surface area contributed by atoms with E-state index in [0.717, 1.165) is 21.7 Å². The SMILES string of the molecule is C=C(C)OC.CC(=O)CCC[C@H](O)[C@H](O)CO.CC1(C)O[C@H]2CC(O)OC[C@H]2O1.CCO.CCOC(=O)/C=C/C[C@@H]1OC(C)(C)O[C@@H]1CO.CCOC(=O)C=P(c1ccccc1)(c1ccccc1)c1ccccc1.CCOC(=O)CCC[C@@H]1OC(C)(C)O[C@@H]1CO.O=CC[C@H](O)[C@H](O)CO.[3H][P+](P)=S. The molecule has 103 heavy (non-hydrogen) atoms. The average molecular weight is 1540 g/mol. The minimum Gasteiger partial charge on any atom is -0.502 e. The number of ketones is 1. The first-order chi connectivity index (χ1) is 49.0. The van der Waals surface area contributed by atoms with Crippen LogP contribution in [0.4, 0.5) is 0 Å². The fourth-order valence-electron chi connectivity index (χ4n) is 9.71. The first kappa shape index (κ1) is 98.3. The second-order valence-corrected chi connectivity index (χ2v) is 30.2. The zero-order valence-electron chi connectivity index (χ0n) is 63.1. The van der Waals surface area contributed by atoms with Crippen molar-refractivity contribution in [3.05, 3.63) is 115 Å². The summed E-state index contributed by atoms with van der Waals surface area (Å²) in [6.45, 7) is 22.4. The summed E-state index contributed by atoms with van der Waals surface area (Å²) in [5.74, 6) is -0.0626. The molecule has 0 amide bonds. The van der Waals surface area contributed by atoms with Crippen LogP contribution in [-0.4, -0.2) is 239 Å². The third-order valence-electron chi connectivity index (χ3n) is 14.2. The third-order valence-corrected chi connectivity index (χ3v) is 18.2. The largest absolute Gasteiger partial charge is 0.502 e. The van der Waals surface area contributed by atoms with Gasteiger partial charge in [0.1, 0.15) is 42.6 Å². The Labute approximate surface area is 619 Å². The lowest BCUT2D eigenvalue weighted by Gasteiger charge is -2.28. The fraction of sp³-hybridized carbons (Fsp3) is 0.616. The topological polar surface area (TPSA) is 389 Å². The van der Waals surface area contributed by atoms with Crippen molar-refractivity contribution in [2.75, 3.05) is 66.6 Å². The number of allylic oxidation sites excluding steroid dienone is 1. The lowest BCUT2D eigenvalue weighted by molar-refractivity contribution is -0.167. The van der Waals surface area contributed by atoms with Crippen LogP contribution >= 0.6 is 22.8 Å². The molecule has 26 nitrogen and oxygen atoms in total. The van der Waals surface area contributed by atoms with E-state index in [4.69, 9.17) is 99.7 Å². The summed E-state index contributed by atoms with van der Waals surface area (Å²) in [6, 6.07) is 30.7.